The van der Waals surface area contributed by atoms with Gasteiger partial charge >= 0.3 is 0 Å². The van der Waals surface area contributed by atoms with E-state index in [1.165, 1.54) is 10.4 Å². The number of hydrogen-bond donors (Lipinski definition) is 0. The molecular formula is C17H18N2S2. The van der Waals surface area contributed by atoms with Crippen molar-refractivity contribution in [3.05, 3.63) is 59.1 Å². The average Bonchev–Trinajstić information content (AvgIpc) is 2.55. The topological polar surface area (TPSA) is 16.1 Å². The Morgan fingerprint density at radius 1 is 1.14 bits per heavy atom. The van der Waals surface area contributed by atoms with Crippen LogP contribution in [0.1, 0.15) is 6.92 Å². The summed E-state index contributed by atoms with van der Waals surface area (Å²) in [4.78, 5) is 6.84. The second-order valence-electron chi connectivity index (χ2n) is 4.71. The molecule has 1 aliphatic rings. The van der Waals surface area contributed by atoms with Crippen molar-refractivity contribution in [1.29, 1.82) is 0 Å². The first-order valence-electron chi connectivity index (χ1n) is 7.09. The van der Waals surface area contributed by atoms with Crippen LogP contribution in [0.5, 0.6) is 0 Å². The monoisotopic (exact) mass is 314 g/mol. The van der Waals surface area contributed by atoms with Gasteiger partial charge in [-0.3, -0.25) is 0 Å². The van der Waals surface area contributed by atoms with Gasteiger partial charge in [-0.1, -0.05) is 55.1 Å². The van der Waals surface area contributed by atoms with E-state index in [4.69, 9.17) is 0 Å². The minimum absolute atomic E-state index is 0.356. The molecule has 0 N–H and O–H groups in total. The van der Waals surface area contributed by atoms with Crippen molar-refractivity contribution in [2.24, 2.45) is 0 Å². The highest BCUT2D eigenvalue weighted by Gasteiger charge is 2.18. The summed E-state index contributed by atoms with van der Waals surface area (Å²) in [7, 11) is 0. The summed E-state index contributed by atoms with van der Waals surface area (Å²) in [6.07, 6.45) is 6.44. The lowest BCUT2D eigenvalue weighted by molar-refractivity contribution is 0.515. The molecule has 0 radical (unpaired) electrons. The second kappa shape index (κ2) is 7.05. The van der Waals surface area contributed by atoms with Crippen molar-refractivity contribution >= 4 is 35.8 Å². The fourth-order valence-electron chi connectivity index (χ4n) is 2.26. The number of rotatable bonds is 5. The highest BCUT2D eigenvalue weighted by Crippen LogP contribution is 2.32. The molecule has 1 aromatic carbocycles. The largest absolute Gasteiger partial charge is 0.352 e. The second-order valence-corrected chi connectivity index (χ2v) is 7.46. The van der Waals surface area contributed by atoms with Crippen LogP contribution in [0.2, 0.25) is 0 Å². The van der Waals surface area contributed by atoms with Gasteiger partial charge < -0.3 is 4.90 Å². The number of nitrogens with zero attached hydrogens (tertiary/aromatic N) is 2. The van der Waals surface area contributed by atoms with Crippen LogP contribution in [0.15, 0.2) is 53.7 Å². The minimum Gasteiger partial charge on any atom is -0.352 e. The van der Waals surface area contributed by atoms with Gasteiger partial charge in [0.25, 0.3) is 0 Å². The lowest BCUT2D eigenvalue weighted by Crippen LogP contribution is -2.38. The molecule has 0 spiro atoms. The molecule has 0 bridgehead atoms. The van der Waals surface area contributed by atoms with Crippen molar-refractivity contribution in [2.45, 2.75) is 16.7 Å². The van der Waals surface area contributed by atoms with E-state index in [-0.39, 0.29) is 0 Å². The number of benzene rings is 1. The zero-order valence-electron chi connectivity index (χ0n) is 12.0. The van der Waals surface area contributed by atoms with Gasteiger partial charge in [0.05, 0.1) is 5.03 Å². The number of aromatic nitrogens is 1. The van der Waals surface area contributed by atoms with Gasteiger partial charge in [0.15, 0.2) is 0 Å². The van der Waals surface area contributed by atoms with Crippen molar-refractivity contribution in [1.82, 2.24) is 9.88 Å². The summed E-state index contributed by atoms with van der Waals surface area (Å²) < 4.78 is 0.356. The van der Waals surface area contributed by atoms with E-state index in [0.29, 0.717) is 4.71 Å². The van der Waals surface area contributed by atoms with Crippen LogP contribution in [0, 0.1) is 0 Å². The lowest BCUT2D eigenvalue weighted by atomic mass is 10.2. The maximum atomic E-state index is 4.44. The number of fused-ring (bicyclic) bond motifs is 1. The molecule has 4 heteroatoms. The third-order valence-corrected chi connectivity index (χ3v) is 5.80. The Labute approximate surface area is 134 Å². The SMILES string of the molecule is CCSC(Sc1ccccn1)N1C=c2ccccc2=CC1. The summed E-state index contributed by atoms with van der Waals surface area (Å²) in [5.41, 5.74) is 0. The Balaban J connectivity index is 1.84. The molecule has 2 aromatic rings. The zero-order chi connectivity index (χ0) is 14.5. The minimum atomic E-state index is 0.356. The summed E-state index contributed by atoms with van der Waals surface area (Å²) in [5, 5.41) is 3.71. The van der Waals surface area contributed by atoms with E-state index in [1.807, 2.05) is 41.9 Å². The fraction of sp³-hybridized carbons (Fsp3) is 0.235. The maximum absolute atomic E-state index is 4.44. The van der Waals surface area contributed by atoms with Gasteiger partial charge in [-0.2, -0.15) is 0 Å². The van der Waals surface area contributed by atoms with E-state index in [2.05, 4.69) is 59.4 Å². The van der Waals surface area contributed by atoms with Gasteiger partial charge in [-0.25, -0.2) is 4.98 Å². The molecule has 108 valence electrons. The highest BCUT2D eigenvalue weighted by atomic mass is 32.2. The zero-order valence-corrected chi connectivity index (χ0v) is 13.6. The van der Waals surface area contributed by atoms with Crippen LogP contribution in [-0.4, -0.2) is 26.9 Å². The highest BCUT2D eigenvalue weighted by molar-refractivity contribution is 8.16. The van der Waals surface area contributed by atoms with Crippen LogP contribution in [-0.2, 0) is 0 Å². The van der Waals surface area contributed by atoms with Crippen molar-refractivity contribution in [2.75, 3.05) is 12.3 Å². The molecule has 0 amide bonds. The predicted octanol–water partition coefficient (Wildman–Crippen LogP) is 2.74. The normalized spacial score (nSPS) is 14.8. The van der Waals surface area contributed by atoms with Gasteiger partial charge in [0.2, 0.25) is 0 Å². The van der Waals surface area contributed by atoms with Gasteiger partial charge in [0, 0.05) is 18.9 Å². The summed E-state index contributed by atoms with van der Waals surface area (Å²) >= 11 is 3.77. The summed E-state index contributed by atoms with van der Waals surface area (Å²) in [5.74, 6) is 1.09. The first-order valence-corrected chi connectivity index (χ1v) is 9.02. The van der Waals surface area contributed by atoms with E-state index in [1.54, 1.807) is 0 Å². The van der Waals surface area contributed by atoms with Gasteiger partial charge in [0.1, 0.15) is 4.71 Å². The first kappa shape index (κ1) is 14.5. The molecule has 0 saturated carbocycles. The van der Waals surface area contributed by atoms with E-state index in [9.17, 15) is 0 Å². The Morgan fingerprint density at radius 3 is 2.71 bits per heavy atom. The standard InChI is InChI=1S/C17H18N2S2/c1-2-20-17(21-16-9-5-6-11-18-16)19-12-10-14-7-3-4-8-15(14)13-19/h3-11,13,17H,2,12H2,1H3. The third kappa shape index (κ3) is 3.63. The fourth-order valence-corrected chi connectivity index (χ4v) is 4.62. The van der Waals surface area contributed by atoms with Crippen molar-refractivity contribution in [3.8, 4) is 0 Å². The molecule has 2 heterocycles. The first-order chi connectivity index (χ1) is 10.4. The predicted molar refractivity (Wildman–Crippen MR) is 93.3 cm³/mol. The van der Waals surface area contributed by atoms with Crippen LogP contribution < -0.4 is 10.4 Å². The quantitative estimate of drug-likeness (QED) is 0.623. The molecule has 0 fully saturated rings. The van der Waals surface area contributed by atoms with Crippen LogP contribution >= 0.6 is 23.5 Å². The van der Waals surface area contributed by atoms with Gasteiger partial charge in [-0.05, 0) is 28.3 Å². The van der Waals surface area contributed by atoms with Crippen LogP contribution in [0.25, 0.3) is 12.3 Å². The molecule has 0 aliphatic carbocycles. The smallest absolute Gasteiger partial charge is 0.128 e. The van der Waals surface area contributed by atoms with Gasteiger partial charge in [-0.15, -0.1) is 11.8 Å². The molecule has 1 aromatic heterocycles. The molecule has 2 nitrogen and oxygen atoms in total. The molecule has 0 saturated heterocycles. The van der Waals surface area contributed by atoms with E-state index >= 15 is 0 Å². The molecule has 1 unspecified atom stereocenters. The molecule has 1 atom stereocenters. The summed E-state index contributed by atoms with van der Waals surface area (Å²) in [6, 6.07) is 14.6. The molecular weight excluding hydrogens is 296 g/mol. The maximum Gasteiger partial charge on any atom is 0.128 e. The Kier molecular flexibility index (Phi) is 4.88. The Bertz CT molecular complexity index is 700. The summed E-state index contributed by atoms with van der Waals surface area (Å²) in [6.45, 7) is 3.16. The van der Waals surface area contributed by atoms with E-state index in [0.717, 1.165) is 17.3 Å². The number of thioether (sulfide) groups is 2. The third-order valence-electron chi connectivity index (χ3n) is 3.26. The number of hydrogen-bond acceptors (Lipinski definition) is 4. The Hall–Kier alpha value is -1.39. The number of pyridine rings is 1. The van der Waals surface area contributed by atoms with Crippen molar-refractivity contribution < 1.29 is 0 Å². The molecule has 21 heavy (non-hydrogen) atoms. The average molecular weight is 314 g/mol. The lowest BCUT2D eigenvalue weighted by Gasteiger charge is -2.29. The van der Waals surface area contributed by atoms with Crippen LogP contribution in [0.4, 0.5) is 0 Å². The molecule has 3 rings (SSSR count). The van der Waals surface area contributed by atoms with Crippen LogP contribution in [0.3, 0.4) is 0 Å². The Morgan fingerprint density at radius 2 is 1.95 bits per heavy atom. The van der Waals surface area contributed by atoms with Crippen molar-refractivity contribution in [3.63, 3.8) is 0 Å². The molecule has 1 aliphatic heterocycles. The van der Waals surface area contributed by atoms with E-state index < -0.39 is 0 Å².